The summed E-state index contributed by atoms with van der Waals surface area (Å²) >= 11 is 0.993. The Morgan fingerprint density at radius 2 is 1.97 bits per heavy atom. The molecule has 164 valence electrons. The van der Waals surface area contributed by atoms with E-state index in [2.05, 4.69) is 20.8 Å². The number of hydrogen-bond acceptors (Lipinski definition) is 9. The first-order valence-electron chi connectivity index (χ1n) is 8.82. The molecule has 11 nitrogen and oxygen atoms in total. The first-order chi connectivity index (χ1) is 14.6. The van der Waals surface area contributed by atoms with Gasteiger partial charge in [-0.2, -0.15) is 0 Å². The number of oxime groups is 1. The molecule has 0 saturated carbocycles. The second kappa shape index (κ2) is 10.3. The Morgan fingerprint density at radius 3 is 2.61 bits per heavy atom. The van der Waals surface area contributed by atoms with Gasteiger partial charge in [-0.15, -0.1) is 11.3 Å². The fraction of sp³-hybridized carbons (Fsp3) is 0.263. The molecule has 2 aromatic rings. The van der Waals surface area contributed by atoms with E-state index in [0.29, 0.717) is 6.41 Å². The van der Waals surface area contributed by atoms with E-state index >= 15 is 0 Å². The van der Waals surface area contributed by atoms with Gasteiger partial charge >= 0.3 is 11.9 Å². The van der Waals surface area contributed by atoms with Gasteiger partial charge in [-0.1, -0.05) is 17.3 Å². The zero-order valence-corrected chi connectivity index (χ0v) is 17.7. The summed E-state index contributed by atoms with van der Waals surface area (Å²) in [5.41, 5.74) is -0.944. The molecule has 0 aliphatic rings. The van der Waals surface area contributed by atoms with Crippen molar-refractivity contribution in [3.8, 4) is 0 Å². The summed E-state index contributed by atoms with van der Waals surface area (Å²) in [6, 6.07) is 6.26. The van der Waals surface area contributed by atoms with Crippen molar-refractivity contribution >= 4 is 52.1 Å². The Labute approximate surface area is 181 Å². The van der Waals surface area contributed by atoms with Crippen molar-refractivity contribution < 1.29 is 33.9 Å². The lowest BCUT2D eigenvalue weighted by Gasteiger charge is -2.20. The van der Waals surface area contributed by atoms with Gasteiger partial charge in [0.1, 0.15) is 11.3 Å². The molecule has 31 heavy (non-hydrogen) atoms. The fourth-order valence-electron chi connectivity index (χ4n) is 2.14. The first-order valence-corrected chi connectivity index (χ1v) is 9.70. The minimum atomic E-state index is -1.43. The molecule has 0 fully saturated rings. The summed E-state index contributed by atoms with van der Waals surface area (Å²) in [4.78, 5) is 55.0. The molecule has 3 N–H and O–H groups in total. The molecule has 1 heterocycles. The number of esters is 1. The van der Waals surface area contributed by atoms with Gasteiger partial charge in [0.05, 0.1) is 11.3 Å². The monoisotopic (exact) mass is 448 g/mol. The lowest BCUT2D eigenvalue weighted by Crippen LogP contribution is -2.25. The van der Waals surface area contributed by atoms with Crippen LogP contribution in [0.3, 0.4) is 0 Å². The molecular formula is C19H20N4O7S. The third kappa shape index (κ3) is 7.19. The van der Waals surface area contributed by atoms with E-state index in [0.717, 1.165) is 11.3 Å². The van der Waals surface area contributed by atoms with Crippen LogP contribution in [0.1, 0.15) is 36.8 Å². The van der Waals surface area contributed by atoms with Crippen molar-refractivity contribution in [2.45, 2.75) is 26.4 Å². The Balaban J connectivity index is 2.05. The Bertz CT molecular complexity index is 1010. The normalized spacial score (nSPS) is 11.4. The van der Waals surface area contributed by atoms with Crippen molar-refractivity contribution in [1.82, 2.24) is 4.98 Å². The maximum atomic E-state index is 12.3. The molecule has 0 radical (unpaired) electrons. The molecule has 0 atom stereocenters. The number of ether oxygens (including phenoxy) is 1. The number of aliphatic carboxylic acids is 1. The summed E-state index contributed by atoms with van der Waals surface area (Å²) < 4.78 is 5.31. The molecule has 1 aromatic heterocycles. The highest BCUT2D eigenvalue weighted by Crippen LogP contribution is 2.20. The zero-order chi connectivity index (χ0) is 23.0. The summed E-state index contributed by atoms with van der Waals surface area (Å²) in [5.74, 6) is -2.72. The standard InChI is InChI=1S/C19H20N4O7S/c1-19(2,3)30-17(28)11-6-4-5-7-12(11)21-14(25)8-29-23-15(16(26)27)13-9-31-18(22-13)20-10-24/h4-7,9-10H,8H2,1-3H3,(H,21,25)(H,26,27)(H,20,22,24). The van der Waals surface area contributed by atoms with E-state index in [1.54, 1.807) is 32.9 Å². The smallest absolute Gasteiger partial charge is 0.360 e. The van der Waals surface area contributed by atoms with Gasteiger partial charge in [0, 0.05) is 5.38 Å². The van der Waals surface area contributed by atoms with E-state index in [-0.39, 0.29) is 22.1 Å². The number of benzene rings is 1. The van der Waals surface area contributed by atoms with Crippen LogP contribution in [0.4, 0.5) is 10.8 Å². The average molecular weight is 448 g/mol. The molecule has 2 amide bonds. The molecule has 2 rings (SSSR count). The van der Waals surface area contributed by atoms with Crippen molar-refractivity contribution in [2.75, 3.05) is 17.2 Å². The molecule has 0 aliphatic carbocycles. The topological polar surface area (TPSA) is 156 Å². The van der Waals surface area contributed by atoms with Crippen LogP contribution in [0.2, 0.25) is 0 Å². The van der Waals surface area contributed by atoms with Crippen LogP contribution >= 0.6 is 11.3 Å². The number of hydrogen-bond donors (Lipinski definition) is 3. The quantitative estimate of drug-likeness (QED) is 0.228. The molecule has 0 unspecified atom stereocenters. The van der Waals surface area contributed by atoms with Crippen molar-refractivity contribution in [3.05, 3.63) is 40.9 Å². The molecule has 0 aliphatic heterocycles. The number of carboxylic acids is 1. The van der Waals surface area contributed by atoms with E-state index in [4.69, 9.17) is 9.57 Å². The van der Waals surface area contributed by atoms with Crippen molar-refractivity contribution in [1.29, 1.82) is 0 Å². The number of carbonyl (C=O) groups excluding carboxylic acids is 3. The van der Waals surface area contributed by atoms with Crippen molar-refractivity contribution in [2.24, 2.45) is 5.16 Å². The molecule has 0 bridgehead atoms. The highest BCUT2D eigenvalue weighted by atomic mass is 32.1. The molecular weight excluding hydrogens is 428 g/mol. The predicted molar refractivity (Wildman–Crippen MR) is 112 cm³/mol. The maximum absolute atomic E-state index is 12.3. The minimum Gasteiger partial charge on any atom is -0.476 e. The maximum Gasteiger partial charge on any atom is 0.360 e. The average Bonchev–Trinajstić information content (AvgIpc) is 3.12. The van der Waals surface area contributed by atoms with Gasteiger partial charge in [0.15, 0.2) is 11.7 Å². The van der Waals surface area contributed by atoms with E-state index < -0.39 is 35.8 Å². The van der Waals surface area contributed by atoms with Crippen LogP contribution in [-0.4, -0.2) is 52.3 Å². The summed E-state index contributed by atoms with van der Waals surface area (Å²) in [5, 5.41) is 19.0. The van der Waals surface area contributed by atoms with Gasteiger partial charge in [-0.3, -0.25) is 9.59 Å². The molecule has 12 heteroatoms. The van der Waals surface area contributed by atoms with Crippen LogP contribution in [0.5, 0.6) is 0 Å². The Hall–Kier alpha value is -3.80. The predicted octanol–water partition coefficient (Wildman–Crippen LogP) is 2.11. The minimum absolute atomic E-state index is 0.0440. The second-order valence-electron chi connectivity index (χ2n) is 6.91. The number of aromatic nitrogens is 1. The second-order valence-corrected chi connectivity index (χ2v) is 7.77. The van der Waals surface area contributed by atoms with Crippen LogP contribution in [0.25, 0.3) is 0 Å². The number of para-hydroxylation sites is 1. The molecule has 0 spiro atoms. The third-order valence-electron chi connectivity index (χ3n) is 3.30. The number of nitrogens with one attached hydrogen (secondary N) is 2. The summed E-state index contributed by atoms with van der Waals surface area (Å²) in [6.45, 7) is 4.54. The zero-order valence-electron chi connectivity index (χ0n) is 16.9. The number of carboxylic acid groups (broad SMARTS) is 1. The SMILES string of the molecule is CC(C)(C)OC(=O)c1ccccc1NC(=O)CON=C(C(=O)O)c1csc(NC=O)n1. The summed E-state index contributed by atoms with van der Waals surface area (Å²) in [6.07, 6.45) is 0.399. The van der Waals surface area contributed by atoms with E-state index in [9.17, 15) is 24.3 Å². The number of amides is 2. The van der Waals surface area contributed by atoms with Crippen LogP contribution < -0.4 is 10.6 Å². The van der Waals surface area contributed by atoms with Gasteiger partial charge in [-0.25, -0.2) is 14.6 Å². The summed E-state index contributed by atoms with van der Waals surface area (Å²) in [7, 11) is 0. The molecule has 1 aromatic carbocycles. The molecule has 0 saturated heterocycles. The largest absolute Gasteiger partial charge is 0.476 e. The number of rotatable bonds is 9. The van der Waals surface area contributed by atoms with E-state index in [1.807, 2.05) is 0 Å². The van der Waals surface area contributed by atoms with Crippen LogP contribution in [0, 0.1) is 0 Å². The van der Waals surface area contributed by atoms with Gasteiger partial charge in [-0.05, 0) is 32.9 Å². The number of nitrogens with zero attached hydrogens (tertiary/aromatic N) is 2. The Kier molecular flexibility index (Phi) is 7.80. The highest BCUT2D eigenvalue weighted by molar-refractivity contribution is 7.14. The lowest BCUT2D eigenvalue weighted by atomic mass is 10.1. The van der Waals surface area contributed by atoms with Crippen LogP contribution in [0.15, 0.2) is 34.8 Å². The number of anilines is 2. The third-order valence-corrected chi connectivity index (χ3v) is 4.08. The van der Waals surface area contributed by atoms with Crippen molar-refractivity contribution in [3.63, 3.8) is 0 Å². The van der Waals surface area contributed by atoms with Gasteiger partial charge in [0.25, 0.3) is 5.91 Å². The number of carbonyl (C=O) groups is 4. The van der Waals surface area contributed by atoms with Gasteiger partial charge in [0.2, 0.25) is 12.1 Å². The number of thiazole rings is 1. The van der Waals surface area contributed by atoms with Gasteiger partial charge < -0.3 is 25.3 Å². The highest BCUT2D eigenvalue weighted by Gasteiger charge is 2.21. The van der Waals surface area contributed by atoms with E-state index in [1.165, 1.54) is 17.5 Å². The first kappa shape index (κ1) is 23.5. The fourth-order valence-corrected chi connectivity index (χ4v) is 2.79. The van der Waals surface area contributed by atoms with Crippen LogP contribution in [-0.2, 0) is 24.0 Å². The Morgan fingerprint density at radius 1 is 1.26 bits per heavy atom. The lowest BCUT2D eigenvalue weighted by molar-refractivity contribution is -0.130.